The minimum absolute atomic E-state index is 0. The Morgan fingerprint density at radius 2 is 1.80 bits per heavy atom. The molecule has 1 aromatic rings. The second kappa shape index (κ2) is 7.69. The fourth-order valence-electron chi connectivity index (χ4n) is 1.62. The highest BCUT2D eigenvalue weighted by Crippen LogP contribution is 2.18. The maximum atomic E-state index is 10.0. The molecule has 0 aliphatic carbocycles. The van der Waals surface area contributed by atoms with E-state index in [0.29, 0.717) is 0 Å². The third-order valence-electron chi connectivity index (χ3n) is 2.43. The van der Waals surface area contributed by atoms with E-state index in [9.17, 15) is 5.11 Å². The summed E-state index contributed by atoms with van der Waals surface area (Å²) >= 11 is 0. The Morgan fingerprint density at radius 1 is 1.20 bits per heavy atom. The molecule has 0 radical (unpaired) electrons. The van der Waals surface area contributed by atoms with Crippen LogP contribution in [0.3, 0.4) is 0 Å². The molecule has 15 heavy (non-hydrogen) atoms. The van der Waals surface area contributed by atoms with Crippen LogP contribution in [0.5, 0.6) is 0 Å². The molecule has 0 fully saturated rings. The molecular formula is C12H20ClNO. The summed E-state index contributed by atoms with van der Waals surface area (Å²) in [5.41, 5.74) is 0.986. The first-order chi connectivity index (χ1) is 6.79. The van der Waals surface area contributed by atoms with E-state index in [0.717, 1.165) is 18.5 Å². The monoisotopic (exact) mass is 229 g/mol. The normalized spacial score (nSPS) is 14.1. The lowest BCUT2D eigenvalue weighted by molar-refractivity contribution is 0.127. The van der Waals surface area contributed by atoms with Crippen LogP contribution in [0.15, 0.2) is 30.3 Å². The van der Waals surface area contributed by atoms with Crippen molar-refractivity contribution >= 4 is 12.4 Å². The van der Waals surface area contributed by atoms with Gasteiger partial charge in [-0.25, -0.2) is 0 Å². The van der Waals surface area contributed by atoms with Gasteiger partial charge in [-0.2, -0.15) is 0 Å². The fourth-order valence-corrected chi connectivity index (χ4v) is 1.62. The highest BCUT2D eigenvalue weighted by atomic mass is 35.5. The van der Waals surface area contributed by atoms with Gasteiger partial charge in [-0.05, 0) is 18.5 Å². The molecule has 0 unspecified atom stereocenters. The first-order valence-corrected chi connectivity index (χ1v) is 5.26. The molecule has 0 aromatic heterocycles. The summed E-state index contributed by atoms with van der Waals surface area (Å²) in [6.45, 7) is 5.03. The Hall–Kier alpha value is -0.570. The maximum Gasteiger partial charge on any atom is 0.0942 e. The van der Waals surface area contributed by atoms with E-state index >= 15 is 0 Å². The van der Waals surface area contributed by atoms with E-state index in [1.807, 2.05) is 30.3 Å². The number of likely N-dealkylation sites (N-methyl/N-ethyl adjacent to an activating group) is 1. The van der Waals surface area contributed by atoms with Crippen molar-refractivity contribution in [2.75, 3.05) is 6.54 Å². The lowest BCUT2D eigenvalue weighted by Crippen LogP contribution is -2.34. The Bertz CT molecular complexity index is 253. The Morgan fingerprint density at radius 3 is 2.27 bits per heavy atom. The number of hydrogen-bond donors (Lipinski definition) is 2. The topological polar surface area (TPSA) is 32.3 Å². The SMILES string of the molecule is CCN[C@H](CC)[C@@H](O)c1ccccc1.Cl. The standard InChI is InChI=1S/C12H19NO.ClH/c1-3-11(13-4-2)12(14)10-8-6-5-7-9-10;/h5-9,11-14H,3-4H2,1-2H3;1H/t11-,12+;/m1./s1. The first-order valence-electron chi connectivity index (χ1n) is 5.26. The Labute approximate surface area is 98.1 Å². The number of aliphatic hydroxyl groups is 1. The van der Waals surface area contributed by atoms with E-state index in [1.165, 1.54) is 0 Å². The second-order valence-corrected chi connectivity index (χ2v) is 3.43. The van der Waals surface area contributed by atoms with E-state index in [1.54, 1.807) is 0 Å². The van der Waals surface area contributed by atoms with Crippen molar-refractivity contribution < 1.29 is 5.11 Å². The average molecular weight is 230 g/mol. The van der Waals surface area contributed by atoms with Gasteiger partial charge in [-0.3, -0.25) is 0 Å². The molecule has 3 heteroatoms. The molecule has 0 saturated heterocycles. The van der Waals surface area contributed by atoms with Crippen LogP contribution in [-0.2, 0) is 0 Å². The van der Waals surface area contributed by atoms with Crippen LogP contribution < -0.4 is 5.32 Å². The van der Waals surface area contributed by atoms with Gasteiger partial charge in [0.2, 0.25) is 0 Å². The second-order valence-electron chi connectivity index (χ2n) is 3.43. The van der Waals surface area contributed by atoms with Crippen LogP contribution in [0.1, 0.15) is 31.9 Å². The van der Waals surface area contributed by atoms with Gasteiger partial charge >= 0.3 is 0 Å². The molecule has 86 valence electrons. The van der Waals surface area contributed by atoms with Gasteiger partial charge in [0.05, 0.1) is 6.10 Å². The predicted molar refractivity (Wildman–Crippen MR) is 66.4 cm³/mol. The first kappa shape index (κ1) is 14.4. The molecular weight excluding hydrogens is 210 g/mol. The quantitative estimate of drug-likeness (QED) is 0.814. The van der Waals surface area contributed by atoms with Crippen LogP contribution in [-0.4, -0.2) is 17.7 Å². The Kier molecular flexibility index (Phi) is 7.39. The van der Waals surface area contributed by atoms with E-state index in [-0.39, 0.29) is 18.4 Å². The van der Waals surface area contributed by atoms with Gasteiger partial charge in [0.25, 0.3) is 0 Å². The zero-order valence-electron chi connectivity index (χ0n) is 9.31. The van der Waals surface area contributed by atoms with Gasteiger partial charge < -0.3 is 10.4 Å². The molecule has 1 aromatic carbocycles. The van der Waals surface area contributed by atoms with Crippen molar-refractivity contribution in [3.8, 4) is 0 Å². The molecule has 2 nitrogen and oxygen atoms in total. The number of rotatable bonds is 5. The molecule has 0 aliphatic rings. The van der Waals surface area contributed by atoms with Crippen LogP contribution in [0.25, 0.3) is 0 Å². The smallest absolute Gasteiger partial charge is 0.0942 e. The fraction of sp³-hybridized carbons (Fsp3) is 0.500. The molecule has 0 bridgehead atoms. The minimum atomic E-state index is -0.402. The van der Waals surface area contributed by atoms with Crippen molar-refractivity contribution in [1.29, 1.82) is 0 Å². The number of hydrogen-bond acceptors (Lipinski definition) is 2. The molecule has 0 spiro atoms. The summed E-state index contributed by atoms with van der Waals surface area (Å²) in [7, 11) is 0. The Balaban J connectivity index is 0.00000196. The molecule has 1 rings (SSSR count). The van der Waals surface area contributed by atoms with Crippen molar-refractivity contribution in [3.63, 3.8) is 0 Å². The summed E-state index contributed by atoms with van der Waals surface area (Å²) in [4.78, 5) is 0. The van der Waals surface area contributed by atoms with Crippen molar-refractivity contribution in [1.82, 2.24) is 5.32 Å². The lowest BCUT2D eigenvalue weighted by atomic mass is 10.0. The molecule has 0 aliphatic heterocycles. The zero-order chi connectivity index (χ0) is 10.4. The average Bonchev–Trinajstić information content (AvgIpc) is 2.26. The molecule has 2 atom stereocenters. The van der Waals surface area contributed by atoms with E-state index in [2.05, 4.69) is 19.2 Å². The summed E-state index contributed by atoms with van der Waals surface area (Å²) in [6, 6.07) is 9.95. The van der Waals surface area contributed by atoms with Gasteiger partial charge in [-0.15, -0.1) is 12.4 Å². The van der Waals surface area contributed by atoms with Crippen molar-refractivity contribution in [3.05, 3.63) is 35.9 Å². The molecule has 0 heterocycles. The summed E-state index contributed by atoms with van der Waals surface area (Å²) in [5.74, 6) is 0. The molecule has 0 saturated carbocycles. The summed E-state index contributed by atoms with van der Waals surface area (Å²) < 4.78 is 0. The number of halogens is 1. The predicted octanol–water partition coefficient (Wildman–Crippen LogP) is 2.53. The van der Waals surface area contributed by atoms with Gasteiger partial charge in [0.1, 0.15) is 0 Å². The van der Waals surface area contributed by atoms with E-state index in [4.69, 9.17) is 0 Å². The highest BCUT2D eigenvalue weighted by molar-refractivity contribution is 5.85. The van der Waals surface area contributed by atoms with Crippen molar-refractivity contribution in [2.24, 2.45) is 0 Å². The minimum Gasteiger partial charge on any atom is -0.387 e. The lowest BCUT2D eigenvalue weighted by Gasteiger charge is -2.22. The van der Waals surface area contributed by atoms with E-state index < -0.39 is 6.10 Å². The number of aliphatic hydroxyl groups excluding tert-OH is 1. The third-order valence-corrected chi connectivity index (χ3v) is 2.43. The maximum absolute atomic E-state index is 10.0. The summed E-state index contributed by atoms with van der Waals surface area (Å²) in [6.07, 6.45) is 0.533. The largest absolute Gasteiger partial charge is 0.387 e. The van der Waals surface area contributed by atoms with Crippen molar-refractivity contribution in [2.45, 2.75) is 32.4 Å². The number of benzene rings is 1. The third kappa shape index (κ3) is 4.20. The van der Waals surface area contributed by atoms with Crippen LogP contribution in [0.4, 0.5) is 0 Å². The molecule has 0 amide bonds. The number of nitrogens with one attached hydrogen (secondary N) is 1. The zero-order valence-corrected chi connectivity index (χ0v) is 10.1. The highest BCUT2D eigenvalue weighted by Gasteiger charge is 2.17. The van der Waals surface area contributed by atoms with Gasteiger partial charge in [0, 0.05) is 6.04 Å². The summed E-state index contributed by atoms with van der Waals surface area (Å²) in [5, 5.41) is 13.3. The molecule has 2 N–H and O–H groups in total. The van der Waals surface area contributed by atoms with Crippen LogP contribution in [0, 0.1) is 0 Å². The van der Waals surface area contributed by atoms with Crippen LogP contribution in [0.2, 0.25) is 0 Å². The van der Waals surface area contributed by atoms with Gasteiger partial charge in [-0.1, -0.05) is 44.2 Å². The van der Waals surface area contributed by atoms with Gasteiger partial charge in [0.15, 0.2) is 0 Å². The van der Waals surface area contributed by atoms with Crippen LogP contribution >= 0.6 is 12.4 Å².